The van der Waals surface area contributed by atoms with Gasteiger partial charge in [0.25, 0.3) is 5.91 Å². The summed E-state index contributed by atoms with van der Waals surface area (Å²) in [7, 11) is 0. The SMILES string of the molecule is CC(NC(=O)c1cc2cc(N)ccc2[nH]1)c1cccnc1. The summed E-state index contributed by atoms with van der Waals surface area (Å²) in [6.07, 6.45) is 3.46. The van der Waals surface area contributed by atoms with Crippen molar-refractivity contribution in [2.75, 3.05) is 5.73 Å². The molecule has 0 radical (unpaired) electrons. The summed E-state index contributed by atoms with van der Waals surface area (Å²) in [6.45, 7) is 1.93. The summed E-state index contributed by atoms with van der Waals surface area (Å²) in [5.74, 6) is -0.152. The Balaban J connectivity index is 1.80. The van der Waals surface area contributed by atoms with E-state index in [0.29, 0.717) is 11.4 Å². The van der Waals surface area contributed by atoms with E-state index in [1.165, 1.54) is 0 Å². The van der Waals surface area contributed by atoms with Crippen LogP contribution in [0.25, 0.3) is 10.9 Å². The van der Waals surface area contributed by atoms with Gasteiger partial charge in [-0.1, -0.05) is 6.07 Å². The number of amides is 1. The largest absolute Gasteiger partial charge is 0.399 e. The predicted octanol–water partition coefficient (Wildman–Crippen LogP) is 2.64. The first-order valence-electron chi connectivity index (χ1n) is 6.72. The number of nitrogens with zero attached hydrogens (tertiary/aromatic N) is 1. The van der Waals surface area contributed by atoms with Gasteiger partial charge in [0.05, 0.1) is 6.04 Å². The van der Waals surface area contributed by atoms with E-state index in [2.05, 4.69) is 15.3 Å². The first kappa shape index (κ1) is 13.2. The number of carbonyl (C=O) groups is 1. The van der Waals surface area contributed by atoms with Gasteiger partial charge in [-0.15, -0.1) is 0 Å². The third kappa shape index (κ3) is 2.72. The molecule has 106 valence electrons. The van der Waals surface area contributed by atoms with Crippen molar-refractivity contribution in [2.24, 2.45) is 0 Å². The maximum absolute atomic E-state index is 12.3. The van der Waals surface area contributed by atoms with E-state index in [4.69, 9.17) is 5.73 Å². The predicted molar refractivity (Wildman–Crippen MR) is 82.8 cm³/mol. The number of fused-ring (bicyclic) bond motifs is 1. The number of benzene rings is 1. The first-order valence-corrected chi connectivity index (χ1v) is 6.72. The monoisotopic (exact) mass is 280 g/mol. The molecule has 21 heavy (non-hydrogen) atoms. The molecule has 1 atom stereocenters. The highest BCUT2D eigenvalue weighted by Crippen LogP contribution is 2.19. The Morgan fingerprint density at radius 2 is 2.19 bits per heavy atom. The molecular weight excluding hydrogens is 264 g/mol. The van der Waals surface area contributed by atoms with E-state index in [-0.39, 0.29) is 11.9 Å². The van der Waals surface area contributed by atoms with Crippen molar-refractivity contribution in [3.8, 4) is 0 Å². The molecule has 0 saturated carbocycles. The number of hydrogen-bond donors (Lipinski definition) is 3. The van der Waals surface area contributed by atoms with Crippen LogP contribution in [0.1, 0.15) is 29.0 Å². The number of carbonyl (C=O) groups excluding carboxylic acids is 1. The van der Waals surface area contributed by atoms with E-state index in [9.17, 15) is 4.79 Å². The molecule has 2 aromatic heterocycles. The highest BCUT2D eigenvalue weighted by atomic mass is 16.1. The van der Waals surface area contributed by atoms with Crippen LogP contribution in [-0.2, 0) is 0 Å². The third-order valence-electron chi connectivity index (χ3n) is 3.42. The van der Waals surface area contributed by atoms with Gasteiger partial charge in [-0.05, 0) is 42.8 Å². The number of nitrogens with one attached hydrogen (secondary N) is 2. The van der Waals surface area contributed by atoms with Crippen molar-refractivity contribution >= 4 is 22.5 Å². The van der Waals surface area contributed by atoms with Crippen LogP contribution in [0.5, 0.6) is 0 Å². The van der Waals surface area contributed by atoms with Crippen molar-refractivity contribution in [2.45, 2.75) is 13.0 Å². The molecule has 1 amide bonds. The second-order valence-electron chi connectivity index (χ2n) is 5.01. The van der Waals surface area contributed by atoms with Gasteiger partial charge in [0.1, 0.15) is 5.69 Å². The van der Waals surface area contributed by atoms with Gasteiger partial charge in [0.2, 0.25) is 0 Å². The molecule has 5 heteroatoms. The van der Waals surface area contributed by atoms with Gasteiger partial charge < -0.3 is 16.0 Å². The summed E-state index contributed by atoms with van der Waals surface area (Å²) in [6, 6.07) is 11.0. The van der Waals surface area contributed by atoms with E-state index in [1.54, 1.807) is 24.5 Å². The fraction of sp³-hybridized carbons (Fsp3) is 0.125. The molecule has 2 heterocycles. The molecule has 0 saturated heterocycles. The molecule has 0 spiro atoms. The lowest BCUT2D eigenvalue weighted by molar-refractivity contribution is 0.0935. The molecule has 0 fully saturated rings. The maximum Gasteiger partial charge on any atom is 0.268 e. The lowest BCUT2D eigenvalue weighted by atomic mass is 10.1. The second-order valence-corrected chi connectivity index (χ2v) is 5.01. The fourth-order valence-corrected chi connectivity index (χ4v) is 2.26. The van der Waals surface area contributed by atoms with Crippen LogP contribution in [0, 0.1) is 0 Å². The fourth-order valence-electron chi connectivity index (χ4n) is 2.26. The Morgan fingerprint density at radius 3 is 2.95 bits per heavy atom. The highest BCUT2D eigenvalue weighted by Gasteiger charge is 2.13. The zero-order chi connectivity index (χ0) is 14.8. The van der Waals surface area contributed by atoms with Crippen molar-refractivity contribution in [3.05, 3.63) is 60.0 Å². The number of aromatic amines is 1. The number of hydrogen-bond acceptors (Lipinski definition) is 3. The number of anilines is 1. The van der Waals surface area contributed by atoms with Crippen molar-refractivity contribution in [1.82, 2.24) is 15.3 Å². The minimum Gasteiger partial charge on any atom is -0.399 e. The summed E-state index contributed by atoms with van der Waals surface area (Å²) >= 11 is 0. The minimum absolute atomic E-state index is 0.109. The zero-order valence-electron chi connectivity index (χ0n) is 11.6. The smallest absolute Gasteiger partial charge is 0.268 e. The molecule has 1 unspecified atom stereocenters. The highest BCUT2D eigenvalue weighted by molar-refractivity contribution is 5.98. The number of aromatic nitrogens is 2. The van der Waals surface area contributed by atoms with Gasteiger partial charge in [0, 0.05) is 29.0 Å². The van der Waals surface area contributed by atoms with Crippen LogP contribution < -0.4 is 11.1 Å². The first-order chi connectivity index (χ1) is 10.1. The topological polar surface area (TPSA) is 83.8 Å². The molecule has 4 N–H and O–H groups in total. The molecule has 5 nitrogen and oxygen atoms in total. The Labute approximate surface area is 122 Å². The standard InChI is InChI=1S/C16H16N4O/c1-10(11-3-2-6-18-9-11)19-16(21)15-8-12-7-13(17)4-5-14(12)20-15/h2-10,20H,17H2,1H3,(H,19,21). The van der Waals surface area contributed by atoms with E-state index in [0.717, 1.165) is 16.5 Å². The second kappa shape index (κ2) is 5.28. The van der Waals surface area contributed by atoms with Crippen LogP contribution >= 0.6 is 0 Å². The van der Waals surface area contributed by atoms with E-state index in [1.807, 2.05) is 31.2 Å². The van der Waals surface area contributed by atoms with Crippen LogP contribution in [-0.4, -0.2) is 15.9 Å². The average Bonchev–Trinajstić information content (AvgIpc) is 2.91. The van der Waals surface area contributed by atoms with Crippen molar-refractivity contribution < 1.29 is 4.79 Å². The number of nitrogen functional groups attached to an aromatic ring is 1. The van der Waals surface area contributed by atoms with Crippen LogP contribution in [0.15, 0.2) is 48.8 Å². The van der Waals surface area contributed by atoms with Crippen molar-refractivity contribution in [3.63, 3.8) is 0 Å². The molecule has 0 aliphatic rings. The van der Waals surface area contributed by atoms with Gasteiger partial charge in [0.15, 0.2) is 0 Å². The lowest BCUT2D eigenvalue weighted by Gasteiger charge is -2.12. The molecule has 0 bridgehead atoms. The molecule has 1 aromatic carbocycles. The van der Waals surface area contributed by atoms with Crippen molar-refractivity contribution in [1.29, 1.82) is 0 Å². The number of pyridine rings is 1. The molecule has 0 aliphatic carbocycles. The number of nitrogens with two attached hydrogens (primary N) is 1. The van der Waals surface area contributed by atoms with Gasteiger partial charge in [-0.25, -0.2) is 0 Å². The van der Waals surface area contributed by atoms with Crippen LogP contribution in [0.3, 0.4) is 0 Å². The van der Waals surface area contributed by atoms with E-state index < -0.39 is 0 Å². The summed E-state index contributed by atoms with van der Waals surface area (Å²) in [4.78, 5) is 19.4. The lowest BCUT2D eigenvalue weighted by Crippen LogP contribution is -2.26. The normalized spacial score (nSPS) is 12.2. The Bertz CT molecular complexity index is 779. The summed E-state index contributed by atoms with van der Waals surface area (Å²) < 4.78 is 0. The Morgan fingerprint density at radius 1 is 1.33 bits per heavy atom. The van der Waals surface area contributed by atoms with Crippen LogP contribution in [0.2, 0.25) is 0 Å². The third-order valence-corrected chi connectivity index (χ3v) is 3.42. The minimum atomic E-state index is -0.152. The quantitative estimate of drug-likeness (QED) is 0.645. The van der Waals surface area contributed by atoms with Crippen LogP contribution in [0.4, 0.5) is 5.69 Å². The number of H-pyrrole nitrogens is 1. The summed E-state index contributed by atoms with van der Waals surface area (Å²) in [5.41, 5.74) is 8.80. The maximum atomic E-state index is 12.3. The van der Waals surface area contributed by atoms with Gasteiger partial charge >= 0.3 is 0 Å². The molecule has 3 aromatic rings. The Hall–Kier alpha value is -2.82. The Kier molecular flexibility index (Phi) is 3.31. The zero-order valence-corrected chi connectivity index (χ0v) is 11.6. The molecular formula is C16H16N4O. The van der Waals surface area contributed by atoms with E-state index >= 15 is 0 Å². The number of rotatable bonds is 3. The van der Waals surface area contributed by atoms with Gasteiger partial charge in [-0.3, -0.25) is 9.78 Å². The molecule has 0 aliphatic heterocycles. The molecule has 3 rings (SSSR count). The summed E-state index contributed by atoms with van der Waals surface area (Å²) in [5, 5.41) is 3.87. The van der Waals surface area contributed by atoms with Gasteiger partial charge in [-0.2, -0.15) is 0 Å². The average molecular weight is 280 g/mol.